The van der Waals surface area contributed by atoms with E-state index in [2.05, 4.69) is 39.9 Å². The standard InChI is InChI=1S/C24H31N5O2/c1-2-15-27-22(19-12-6-7-13-19)29(17-18-10-4-3-5-11-18)20-21(30)26-24(31)28(23(20)27)16-9-8-14-25/h3-5,10-11,19,22H,2,6-9,12-13,15-17H2,1H3,(H,26,30,31). The van der Waals surface area contributed by atoms with Crippen LogP contribution in [0.25, 0.3) is 0 Å². The Morgan fingerprint density at radius 2 is 1.84 bits per heavy atom. The number of hydrogen-bond donors (Lipinski definition) is 1. The molecule has 7 heteroatoms. The van der Waals surface area contributed by atoms with E-state index >= 15 is 0 Å². The van der Waals surface area contributed by atoms with Crippen molar-refractivity contribution in [3.05, 3.63) is 56.7 Å². The number of nitriles is 1. The van der Waals surface area contributed by atoms with Gasteiger partial charge in [0.15, 0.2) is 0 Å². The van der Waals surface area contributed by atoms with Crippen LogP contribution in [0.15, 0.2) is 39.9 Å². The van der Waals surface area contributed by atoms with Crippen LogP contribution in [0.1, 0.15) is 57.4 Å². The lowest BCUT2D eigenvalue weighted by Gasteiger charge is -2.37. The molecule has 1 aliphatic carbocycles. The summed E-state index contributed by atoms with van der Waals surface area (Å²) in [6.07, 6.45) is 6.67. The summed E-state index contributed by atoms with van der Waals surface area (Å²) in [5, 5.41) is 8.97. The Bertz CT molecular complexity index is 1050. The van der Waals surface area contributed by atoms with Gasteiger partial charge in [-0.05, 0) is 37.2 Å². The average molecular weight is 422 g/mol. The van der Waals surface area contributed by atoms with Gasteiger partial charge in [0.1, 0.15) is 17.7 Å². The molecule has 0 saturated heterocycles. The molecule has 0 bridgehead atoms. The van der Waals surface area contributed by atoms with E-state index in [0.29, 0.717) is 37.5 Å². The van der Waals surface area contributed by atoms with Crippen LogP contribution in [0.5, 0.6) is 0 Å². The Kier molecular flexibility index (Phi) is 6.45. The Hall–Kier alpha value is -3.01. The maximum absolute atomic E-state index is 13.1. The molecule has 0 radical (unpaired) electrons. The Morgan fingerprint density at radius 1 is 1.10 bits per heavy atom. The molecular formula is C24H31N5O2. The molecule has 1 saturated carbocycles. The van der Waals surface area contributed by atoms with E-state index in [1.165, 1.54) is 12.8 Å². The predicted octanol–water partition coefficient (Wildman–Crippen LogP) is 3.59. The highest BCUT2D eigenvalue weighted by Crippen LogP contribution is 2.44. The first-order valence-corrected chi connectivity index (χ1v) is 11.5. The second-order valence-electron chi connectivity index (χ2n) is 8.61. The number of aromatic nitrogens is 2. The van der Waals surface area contributed by atoms with E-state index in [1.54, 1.807) is 4.57 Å². The molecule has 1 fully saturated rings. The fraction of sp³-hybridized carbons (Fsp3) is 0.542. The summed E-state index contributed by atoms with van der Waals surface area (Å²) in [6, 6.07) is 12.4. The van der Waals surface area contributed by atoms with Crippen molar-refractivity contribution in [1.82, 2.24) is 9.55 Å². The summed E-state index contributed by atoms with van der Waals surface area (Å²) >= 11 is 0. The molecule has 1 atom stereocenters. The van der Waals surface area contributed by atoms with Crippen LogP contribution in [0.2, 0.25) is 0 Å². The molecule has 7 nitrogen and oxygen atoms in total. The number of aromatic amines is 1. The largest absolute Gasteiger partial charge is 0.339 e. The highest BCUT2D eigenvalue weighted by Gasteiger charge is 2.44. The van der Waals surface area contributed by atoms with E-state index in [-0.39, 0.29) is 17.4 Å². The third kappa shape index (κ3) is 4.12. The Morgan fingerprint density at radius 3 is 2.52 bits per heavy atom. The van der Waals surface area contributed by atoms with Gasteiger partial charge in [-0.25, -0.2) is 4.79 Å². The van der Waals surface area contributed by atoms with Crippen LogP contribution < -0.4 is 21.0 Å². The van der Waals surface area contributed by atoms with E-state index in [1.807, 2.05) is 18.2 Å². The van der Waals surface area contributed by atoms with Crippen molar-refractivity contribution >= 4 is 11.5 Å². The van der Waals surface area contributed by atoms with Gasteiger partial charge in [0.05, 0.1) is 6.07 Å². The lowest BCUT2D eigenvalue weighted by Crippen LogP contribution is -2.48. The van der Waals surface area contributed by atoms with Gasteiger partial charge in [0.2, 0.25) is 0 Å². The lowest BCUT2D eigenvalue weighted by atomic mass is 10.0. The molecule has 1 unspecified atom stereocenters. The van der Waals surface area contributed by atoms with Crippen molar-refractivity contribution in [2.75, 3.05) is 16.3 Å². The van der Waals surface area contributed by atoms with E-state index in [4.69, 9.17) is 5.26 Å². The number of nitrogens with zero attached hydrogens (tertiary/aromatic N) is 4. The van der Waals surface area contributed by atoms with Gasteiger partial charge in [-0.15, -0.1) is 0 Å². The summed E-state index contributed by atoms with van der Waals surface area (Å²) in [4.78, 5) is 33.0. The van der Waals surface area contributed by atoms with E-state index < -0.39 is 0 Å². The van der Waals surface area contributed by atoms with Gasteiger partial charge in [0, 0.05) is 26.1 Å². The Balaban J connectivity index is 1.85. The van der Waals surface area contributed by atoms with Gasteiger partial charge >= 0.3 is 5.69 Å². The van der Waals surface area contributed by atoms with Crippen LogP contribution >= 0.6 is 0 Å². The van der Waals surface area contributed by atoms with Crippen molar-refractivity contribution in [1.29, 1.82) is 5.26 Å². The molecule has 31 heavy (non-hydrogen) atoms. The van der Waals surface area contributed by atoms with E-state index in [9.17, 15) is 9.59 Å². The normalized spacial score (nSPS) is 18.4. The molecule has 0 spiro atoms. The number of unbranched alkanes of at least 4 members (excludes halogenated alkanes) is 1. The third-order valence-electron chi connectivity index (χ3n) is 6.50. The summed E-state index contributed by atoms with van der Waals surface area (Å²) in [5.74, 6) is 1.20. The van der Waals surface area contributed by atoms with Crippen LogP contribution in [0, 0.1) is 17.2 Å². The number of rotatable bonds is 8. The monoisotopic (exact) mass is 421 g/mol. The first-order valence-electron chi connectivity index (χ1n) is 11.5. The molecule has 2 aliphatic rings. The summed E-state index contributed by atoms with van der Waals surface area (Å²) in [5.41, 5.74) is 1.06. The van der Waals surface area contributed by atoms with Gasteiger partial charge in [0.25, 0.3) is 5.56 Å². The van der Waals surface area contributed by atoms with Gasteiger partial charge in [-0.2, -0.15) is 5.26 Å². The van der Waals surface area contributed by atoms with Crippen molar-refractivity contribution < 1.29 is 0 Å². The maximum Gasteiger partial charge on any atom is 0.330 e. The highest BCUT2D eigenvalue weighted by atomic mass is 16.2. The third-order valence-corrected chi connectivity index (χ3v) is 6.50. The molecule has 4 rings (SSSR count). The fourth-order valence-corrected chi connectivity index (χ4v) is 5.25. The van der Waals surface area contributed by atoms with Crippen molar-refractivity contribution in [2.24, 2.45) is 5.92 Å². The lowest BCUT2D eigenvalue weighted by molar-refractivity contribution is 0.394. The minimum absolute atomic E-state index is 0.0720. The zero-order valence-electron chi connectivity index (χ0n) is 18.2. The zero-order valence-corrected chi connectivity index (χ0v) is 18.2. The summed E-state index contributed by atoms with van der Waals surface area (Å²) < 4.78 is 1.69. The Labute approximate surface area is 182 Å². The second-order valence-corrected chi connectivity index (χ2v) is 8.61. The minimum Gasteiger partial charge on any atom is -0.339 e. The average Bonchev–Trinajstić information content (AvgIpc) is 3.38. The number of fused-ring (bicyclic) bond motifs is 1. The molecular weight excluding hydrogens is 390 g/mol. The van der Waals surface area contributed by atoms with Crippen LogP contribution in [0.3, 0.4) is 0 Å². The van der Waals surface area contributed by atoms with Gasteiger partial charge < -0.3 is 9.80 Å². The SMILES string of the molecule is CCCN1c2c(c(=O)[nH]c(=O)n2CCCC#N)N(Cc2ccccc2)C1C1CCCC1. The molecule has 2 aromatic rings. The molecule has 0 amide bonds. The second kappa shape index (κ2) is 9.42. The number of hydrogen-bond acceptors (Lipinski definition) is 5. The molecule has 164 valence electrons. The zero-order chi connectivity index (χ0) is 21.8. The topological polar surface area (TPSA) is 85.1 Å². The molecule has 2 heterocycles. The van der Waals surface area contributed by atoms with Gasteiger partial charge in [-0.3, -0.25) is 14.3 Å². The van der Waals surface area contributed by atoms with Crippen molar-refractivity contribution in [3.63, 3.8) is 0 Å². The highest BCUT2D eigenvalue weighted by molar-refractivity contribution is 5.74. The quantitative estimate of drug-likeness (QED) is 0.659. The molecule has 1 N–H and O–H groups in total. The maximum atomic E-state index is 13.1. The molecule has 1 aromatic heterocycles. The molecule has 1 aromatic carbocycles. The number of anilines is 2. The van der Waals surface area contributed by atoms with Crippen LogP contribution in [0.4, 0.5) is 11.5 Å². The van der Waals surface area contributed by atoms with Crippen molar-refractivity contribution in [2.45, 2.75) is 71.1 Å². The number of H-pyrrole nitrogens is 1. The predicted molar refractivity (Wildman–Crippen MR) is 122 cm³/mol. The summed E-state index contributed by atoms with van der Waals surface area (Å²) in [7, 11) is 0. The summed E-state index contributed by atoms with van der Waals surface area (Å²) in [6.45, 7) is 3.99. The number of benzene rings is 1. The number of nitrogens with one attached hydrogen (secondary N) is 1. The first-order chi connectivity index (χ1) is 15.2. The van der Waals surface area contributed by atoms with Crippen LogP contribution in [-0.2, 0) is 13.1 Å². The smallest absolute Gasteiger partial charge is 0.330 e. The van der Waals surface area contributed by atoms with Crippen molar-refractivity contribution in [3.8, 4) is 6.07 Å². The van der Waals surface area contributed by atoms with Gasteiger partial charge in [-0.1, -0.05) is 50.1 Å². The van der Waals surface area contributed by atoms with Crippen LogP contribution in [-0.4, -0.2) is 22.3 Å². The minimum atomic E-state index is -0.380. The molecule has 1 aliphatic heterocycles. The van der Waals surface area contributed by atoms with E-state index in [0.717, 1.165) is 37.2 Å². The fourth-order valence-electron chi connectivity index (χ4n) is 5.25. The first kappa shape index (κ1) is 21.2.